The molecule has 0 amide bonds. The maximum Gasteiger partial charge on any atom is 0.513 e. The quantitative estimate of drug-likeness (QED) is 0.612. The van der Waals surface area contributed by atoms with Crippen LogP contribution in [-0.2, 0) is 11.2 Å². The van der Waals surface area contributed by atoms with Gasteiger partial charge in [0.05, 0.1) is 6.61 Å². The van der Waals surface area contributed by atoms with E-state index in [9.17, 15) is 9.90 Å². The lowest BCUT2D eigenvalue weighted by Gasteiger charge is -2.26. The largest absolute Gasteiger partial charge is 0.513 e. The third kappa shape index (κ3) is 2.30. The van der Waals surface area contributed by atoms with Gasteiger partial charge in [-0.25, -0.2) is 4.79 Å². The molecule has 25 heavy (non-hydrogen) atoms. The zero-order valence-corrected chi connectivity index (χ0v) is 15.0. The highest BCUT2D eigenvalue weighted by Crippen LogP contribution is 2.63. The topological polar surface area (TPSA) is 55.8 Å². The van der Waals surface area contributed by atoms with Crippen LogP contribution < -0.4 is 4.74 Å². The first kappa shape index (κ1) is 16.2. The lowest BCUT2D eigenvalue weighted by Crippen LogP contribution is -2.15. The van der Waals surface area contributed by atoms with E-state index in [2.05, 4.69) is 13.8 Å². The van der Waals surface area contributed by atoms with Crippen molar-refractivity contribution in [3.8, 4) is 11.5 Å². The predicted octanol–water partition coefficient (Wildman–Crippen LogP) is 5.25. The van der Waals surface area contributed by atoms with E-state index in [1.807, 2.05) is 18.2 Å². The molecule has 0 aromatic heterocycles. The first-order valence-corrected chi connectivity index (χ1v) is 9.21. The van der Waals surface area contributed by atoms with Crippen LogP contribution in [-0.4, -0.2) is 17.9 Å². The van der Waals surface area contributed by atoms with Gasteiger partial charge in [0.25, 0.3) is 0 Å². The van der Waals surface area contributed by atoms with Gasteiger partial charge in [-0.1, -0.05) is 32.0 Å². The van der Waals surface area contributed by atoms with Crippen molar-refractivity contribution >= 4 is 16.9 Å². The number of fused-ring (bicyclic) bond motifs is 6. The summed E-state index contributed by atoms with van der Waals surface area (Å²) in [4.78, 5) is 12.1. The fourth-order valence-corrected chi connectivity index (χ4v) is 4.89. The Bertz CT molecular complexity index is 855. The third-order valence-electron chi connectivity index (χ3n) is 5.91. The predicted molar refractivity (Wildman–Crippen MR) is 96.5 cm³/mol. The van der Waals surface area contributed by atoms with Crippen molar-refractivity contribution in [2.45, 2.75) is 51.9 Å². The van der Waals surface area contributed by atoms with E-state index >= 15 is 0 Å². The van der Waals surface area contributed by atoms with Gasteiger partial charge in [0.1, 0.15) is 11.5 Å². The highest BCUT2D eigenvalue weighted by molar-refractivity contribution is 6.00. The van der Waals surface area contributed by atoms with Crippen molar-refractivity contribution in [3.63, 3.8) is 0 Å². The van der Waals surface area contributed by atoms with Crippen LogP contribution in [0.5, 0.6) is 11.5 Å². The van der Waals surface area contributed by atoms with E-state index in [1.54, 1.807) is 6.92 Å². The van der Waals surface area contributed by atoms with E-state index in [1.165, 1.54) is 0 Å². The Morgan fingerprint density at radius 1 is 1.24 bits per heavy atom. The number of phenolic OH excluding ortho intramolecular Hbond substituents is 1. The lowest BCUT2D eigenvalue weighted by molar-refractivity contribution is 0.104. The van der Waals surface area contributed by atoms with Crippen LogP contribution in [0.15, 0.2) is 18.2 Å². The van der Waals surface area contributed by atoms with E-state index in [-0.39, 0.29) is 6.61 Å². The van der Waals surface area contributed by atoms with E-state index in [0.29, 0.717) is 29.3 Å². The molecular weight excluding hydrogens is 316 g/mol. The minimum atomic E-state index is -0.668. The zero-order valence-electron chi connectivity index (χ0n) is 15.0. The molecule has 0 aliphatic heterocycles. The van der Waals surface area contributed by atoms with Crippen molar-refractivity contribution in [1.82, 2.24) is 0 Å². The van der Waals surface area contributed by atoms with Crippen molar-refractivity contribution in [1.29, 1.82) is 0 Å². The molecule has 0 heterocycles. The second-order valence-electron chi connectivity index (χ2n) is 7.24. The summed E-state index contributed by atoms with van der Waals surface area (Å²) in [6.45, 7) is 6.36. The molecule has 0 saturated heterocycles. The molecule has 4 rings (SSSR count). The van der Waals surface area contributed by atoms with Gasteiger partial charge in [0, 0.05) is 21.9 Å². The van der Waals surface area contributed by atoms with Gasteiger partial charge in [-0.3, -0.25) is 0 Å². The summed E-state index contributed by atoms with van der Waals surface area (Å²) in [5, 5.41) is 12.7. The van der Waals surface area contributed by atoms with Gasteiger partial charge in [0.15, 0.2) is 0 Å². The number of aromatic hydroxyl groups is 1. The second-order valence-corrected chi connectivity index (χ2v) is 7.24. The zero-order chi connectivity index (χ0) is 17.7. The van der Waals surface area contributed by atoms with Crippen LogP contribution in [0.1, 0.15) is 62.1 Å². The Kier molecular flexibility index (Phi) is 3.86. The Morgan fingerprint density at radius 2 is 2.04 bits per heavy atom. The molecule has 2 aliphatic rings. The van der Waals surface area contributed by atoms with Gasteiger partial charge >= 0.3 is 6.16 Å². The summed E-state index contributed by atoms with van der Waals surface area (Å²) < 4.78 is 10.8. The Hall–Kier alpha value is -2.23. The number of rotatable bonds is 3. The molecule has 3 atom stereocenters. The summed E-state index contributed by atoms with van der Waals surface area (Å²) >= 11 is 0. The standard InChI is InChI=1S/C21H24O4/c1-4-12-7-6-8-14-16(12)20(25-21(23)24-5-2)17-13-9-11(3)15(10-13)18(17)19(14)22/h6-8,11,13,15,22H,4-5,9-10H2,1-3H3. The average molecular weight is 340 g/mol. The summed E-state index contributed by atoms with van der Waals surface area (Å²) in [7, 11) is 0. The normalized spacial score (nSPS) is 23.7. The number of hydrogen-bond acceptors (Lipinski definition) is 4. The molecule has 2 aromatic rings. The van der Waals surface area contributed by atoms with Crippen molar-refractivity contribution in [2.24, 2.45) is 5.92 Å². The van der Waals surface area contributed by atoms with E-state index < -0.39 is 6.16 Å². The number of ether oxygens (including phenoxy) is 2. The minimum absolute atomic E-state index is 0.279. The Labute approximate surface area is 147 Å². The average Bonchev–Trinajstić information content (AvgIpc) is 3.15. The molecule has 2 aliphatic carbocycles. The van der Waals surface area contributed by atoms with Crippen LogP contribution in [0.2, 0.25) is 0 Å². The molecule has 1 N–H and O–H groups in total. The summed E-state index contributed by atoms with van der Waals surface area (Å²) in [5.41, 5.74) is 3.09. The van der Waals surface area contributed by atoms with Crippen LogP contribution in [0, 0.1) is 5.92 Å². The van der Waals surface area contributed by atoms with Crippen LogP contribution >= 0.6 is 0 Å². The molecule has 2 bridgehead atoms. The molecule has 1 fully saturated rings. The smallest absolute Gasteiger partial charge is 0.507 e. The minimum Gasteiger partial charge on any atom is -0.507 e. The van der Waals surface area contributed by atoms with Crippen LogP contribution in [0.25, 0.3) is 10.8 Å². The van der Waals surface area contributed by atoms with Gasteiger partial charge in [-0.15, -0.1) is 0 Å². The molecule has 4 nitrogen and oxygen atoms in total. The second kappa shape index (κ2) is 5.94. The molecule has 4 heteroatoms. The molecular formula is C21H24O4. The number of carbonyl (C=O) groups is 1. The first-order chi connectivity index (χ1) is 12.1. The van der Waals surface area contributed by atoms with E-state index in [0.717, 1.165) is 46.7 Å². The molecule has 0 radical (unpaired) electrons. The lowest BCUT2D eigenvalue weighted by atomic mass is 9.81. The monoisotopic (exact) mass is 340 g/mol. The Morgan fingerprint density at radius 3 is 2.76 bits per heavy atom. The summed E-state index contributed by atoms with van der Waals surface area (Å²) in [6, 6.07) is 5.90. The fourth-order valence-electron chi connectivity index (χ4n) is 4.89. The maximum absolute atomic E-state index is 12.1. The van der Waals surface area contributed by atoms with Gasteiger partial charge in [-0.2, -0.15) is 0 Å². The number of phenols is 1. The number of aryl methyl sites for hydroxylation is 1. The molecule has 1 saturated carbocycles. The number of hydrogen-bond donors (Lipinski definition) is 1. The molecule has 2 aromatic carbocycles. The van der Waals surface area contributed by atoms with Crippen LogP contribution in [0.4, 0.5) is 4.79 Å². The number of benzene rings is 2. The van der Waals surface area contributed by atoms with E-state index in [4.69, 9.17) is 9.47 Å². The van der Waals surface area contributed by atoms with Gasteiger partial charge in [-0.05, 0) is 49.5 Å². The molecule has 132 valence electrons. The van der Waals surface area contributed by atoms with Crippen molar-refractivity contribution in [2.75, 3.05) is 6.61 Å². The van der Waals surface area contributed by atoms with Crippen molar-refractivity contribution < 1.29 is 19.4 Å². The Balaban J connectivity index is 2.02. The first-order valence-electron chi connectivity index (χ1n) is 9.21. The number of carbonyl (C=O) groups excluding carboxylic acids is 1. The highest BCUT2D eigenvalue weighted by Gasteiger charge is 2.46. The highest BCUT2D eigenvalue weighted by atomic mass is 16.7. The van der Waals surface area contributed by atoms with Crippen LogP contribution in [0.3, 0.4) is 0 Å². The van der Waals surface area contributed by atoms with Gasteiger partial charge < -0.3 is 14.6 Å². The molecule has 0 spiro atoms. The fraction of sp³-hybridized carbons (Fsp3) is 0.476. The van der Waals surface area contributed by atoms with Gasteiger partial charge in [0.2, 0.25) is 0 Å². The SMILES string of the molecule is CCOC(=O)Oc1c2c(c(O)c3cccc(CC)c13)C1CC2CC1C. The van der Waals surface area contributed by atoms with Crippen molar-refractivity contribution in [3.05, 3.63) is 34.9 Å². The third-order valence-corrected chi connectivity index (χ3v) is 5.91. The maximum atomic E-state index is 12.1. The summed E-state index contributed by atoms with van der Waals surface area (Å²) in [5.74, 6) is 2.22. The summed E-state index contributed by atoms with van der Waals surface area (Å²) in [6.07, 6.45) is 2.24. The molecule has 3 unspecified atom stereocenters.